The van der Waals surface area contributed by atoms with Crippen molar-refractivity contribution in [2.75, 3.05) is 19.8 Å². The molecule has 1 fully saturated rings. The molecule has 0 aromatic heterocycles. The van der Waals surface area contributed by atoms with E-state index in [1.807, 2.05) is 6.92 Å². The van der Waals surface area contributed by atoms with Crippen LogP contribution in [0.5, 0.6) is 5.75 Å². The third-order valence-corrected chi connectivity index (χ3v) is 3.30. The van der Waals surface area contributed by atoms with E-state index in [4.69, 9.17) is 9.84 Å². The minimum atomic E-state index is -2.89. The lowest BCUT2D eigenvalue weighted by atomic mass is 10.1. The van der Waals surface area contributed by atoms with Gasteiger partial charge in [-0.2, -0.15) is 8.78 Å². The normalized spacial score (nSPS) is 22.4. The largest absolute Gasteiger partial charge is 0.435 e. The molecule has 0 saturated carbocycles. The minimum absolute atomic E-state index is 0.00445. The molecule has 0 aliphatic carbocycles. The van der Waals surface area contributed by atoms with E-state index in [1.54, 1.807) is 4.90 Å². The van der Waals surface area contributed by atoms with E-state index in [-0.39, 0.29) is 24.3 Å². The van der Waals surface area contributed by atoms with Crippen molar-refractivity contribution in [1.82, 2.24) is 4.90 Å². The van der Waals surface area contributed by atoms with Gasteiger partial charge in [-0.05, 0) is 31.2 Å². The van der Waals surface area contributed by atoms with Gasteiger partial charge in [0.15, 0.2) is 0 Å². The number of nitrogens with zero attached hydrogens (tertiary/aromatic N) is 1. The number of amides is 1. The number of halogens is 2. The third kappa shape index (κ3) is 3.89. The van der Waals surface area contributed by atoms with Gasteiger partial charge in [-0.1, -0.05) is 0 Å². The molecule has 1 heterocycles. The quantitative estimate of drug-likeness (QED) is 0.916. The Labute approximate surface area is 121 Å². The first kappa shape index (κ1) is 15.7. The van der Waals surface area contributed by atoms with Crippen LogP contribution in [0.25, 0.3) is 0 Å². The van der Waals surface area contributed by atoms with E-state index in [2.05, 4.69) is 4.74 Å². The first-order valence-electron chi connectivity index (χ1n) is 6.59. The van der Waals surface area contributed by atoms with E-state index in [0.29, 0.717) is 18.7 Å². The number of rotatable bonds is 4. The summed E-state index contributed by atoms with van der Waals surface area (Å²) in [4.78, 5) is 14.0. The number of aliphatic hydroxyl groups is 1. The average Bonchev–Trinajstić information content (AvgIpc) is 2.47. The number of aliphatic hydroxyl groups excluding tert-OH is 1. The standard InChI is InChI=1S/C14H17F2NO4/c1-9-8-20-12(7-18)6-17(9)13(19)10-2-4-11(5-3-10)21-14(15)16/h2-5,9,12,14,18H,6-8H2,1H3. The number of hydrogen-bond acceptors (Lipinski definition) is 4. The zero-order valence-corrected chi connectivity index (χ0v) is 11.5. The molecule has 1 aliphatic heterocycles. The summed E-state index contributed by atoms with van der Waals surface area (Å²) < 4.78 is 33.7. The fraction of sp³-hybridized carbons (Fsp3) is 0.500. The van der Waals surface area contributed by atoms with Gasteiger partial charge >= 0.3 is 6.61 Å². The van der Waals surface area contributed by atoms with Crippen LogP contribution in [-0.4, -0.2) is 54.4 Å². The van der Waals surface area contributed by atoms with Crippen LogP contribution in [0.1, 0.15) is 17.3 Å². The maximum atomic E-state index is 12.4. The molecule has 0 spiro atoms. The Morgan fingerprint density at radius 2 is 2.14 bits per heavy atom. The lowest BCUT2D eigenvalue weighted by molar-refractivity contribution is -0.0667. The molecule has 2 atom stereocenters. The molecule has 7 heteroatoms. The fourth-order valence-corrected chi connectivity index (χ4v) is 2.16. The van der Waals surface area contributed by atoms with Gasteiger partial charge in [0.25, 0.3) is 5.91 Å². The van der Waals surface area contributed by atoms with E-state index < -0.39 is 12.7 Å². The van der Waals surface area contributed by atoms with Crippen molar-refractivity contribution in [3.8, 4) is 5.75 Å². The topological polar surface area (TPSA) is 59.0 Å². The monoisotopic (exact) mass is 301 g/mol. The van der Waals surface area contributed by atoms with E-state index in [9.17, 15) is 13.6 Å². The Kier molecular flexibility index (Phi) is 5.08. The summed E-state index contributed by atoms with van der Waals surface area (Å²) in [6, 6.07) is 5.42. The van der Waals surface area contributed by atoms with Crippen molar-refractivity contribution in [3.63, 3.8) is 0 Å². The molecule has 1 aromatic rings. The van der Waals surface area contributed by atoms with Gasteiger partial charge in [0.1, 0.15) is 5.75 Å². The molecule has 21 heavy (non-hydrogen) atoms. The molecule has 0 bridgehead atoms. The first-order chi connectivity index (χ1) is 10.0. The van der Waals surface area contributed by atoms with Gasteiger partial charge < -0.3 is 19.5 Å². The Morgan fingerprint density at radius 3 is 2.71 bits per heavy atom. The van der Waals surface area contributed by atoms with Gasteiger partial charge in [0.2, 0.25) is 0 Å². The highest BCUT2D eigenvalue weighted by Crippen LogP contribution is 2.19. The number of alkyl halides is 2. The van der Waals surface area contributed by atoms with Gasteiger partial charge in [-0.25, -0.2) is 0 Å². The number of hydrogen-bond donors (Lipinski definition) is 1. The Morgan fingerprint density at radius 1 is 1.48 bits per heavy atom. The number of carbonyl (C=O) groups excluding carboxylic acids is 1. The van der Waals surface area contributed by atoms with Crippen LogP contribution in [0, 0.1) is 0 Å². The SMILES string of the molecule is CC1COC(CO)CN1C(=O)c1ccc(OC(F)F)cc1. The van der Waals surface area contributed by atoms with Crippen molar-refractivity contribution < 1.29 is 28.2 Å². The second kappa shape index (κ2) is 6.82. The van der Waals surface area contributed by atoms with Crippen LogP contribution in [-0.2, 0) is 4.74 Å². The number of morpholine rings is 1. The van der Waals surface area contributed by atoms with Crippen LogP contribution in [0.2, 0.25) is 0 Å². The highest BCUT2D eigenvalue weighted by Gasteiger charge is 2.29. The summed E-state index contributed by atoms with van der Waals surface area (Å²) >= 11 is 0. The van der Waals surface area contributed by atoms with Crippen molar-refractivity contribution >= 4 is 5.91 Å². The molecule has 1 aromatic carbocycles. The smallest absolute Gasteiger partial charge is 0.387 e. The summed E-state index contributed by atoms with van der Waals surface area (Å²) in [6.45, 7) is -0.552. The first-order valence-corrected chi connectivity index (χ1v) is 6.59. The van der Waals surface area contributed by atoms with E-state index >= 15 is 0 Å². The predicted octanol–water partition coefficient (Wildman–Crippen LogP) is 1.51. The van der Waals surface area contributed by atoms with Crippen LogP contribution in [0.15, 0.2) is 24.3 Å². The lowest BCUT2D eigenvalue weighted by Gasteiger charge is -2.37. The summed E-state index contributed by atoms with van der Waals surface area (Å²) in [5, 5.41) is 9.12. The molecule has 1 N–H and O–H groups in total. The molecular formula is C14H17F2NO4. The van der Waals surface area contributed by atoms with Crippen LogP contribution < -0.4 is 4.74 Å². The molecular weight excluding hydrogens is 284 g/mol. The average molecular weight is 301 g/mol. The summed E-state index contributed by atoms with van der Waals surface area (Å²) in [6.07, 6.45) is -0.397. The predicted molar refractivity (Wildman–Crippen MR) is 70.4 cm³/mol. The molecule has 2 rings (SSSR count). The van der Waals surface area contributed by atoms with Crippen LogP contribution in [0.3, 0.4) is 0 Å². The number of carbonyl (C=O) groups is 1. The maximum Gasteiger partial charge on any atom is 0.387 e. The summed E-state index contributed by atoms with van der Waals surface area (Å²) in [5.74, 6) is -0.224. The van der Waals surface area contributed by atoms with Crippen LogP contribution >= 0.6 is 0 Å². The van der Waals surface area contributed by atoms with Crippen molar-refractivity contribution in [3.05, 3.63) is 29.8 Å². The molecule has 1 aliphatic rings. The van der Waals surface area contributed by atoms with Gasteiger partial charge in [-0.15, -0.1) is 0 Å². The second-order valence-electron chi connectivity index (χ2n) is 4.85. The fourth-order valence-electron chi connectivity index (χ4n) is 2.16. The molecule has 1 saturated heterocycles. The lowest BCUT2D eigenvalue weighted by Crippen LogP contribution is -2.52. The molecule has 5 nitrogen and oxygen atoms in total. The molecule has 1 amide bonds. The molecule has 0 radical (unpaired) electrons. The Bertz CT molecular complexity index is 480. The summed E-state index contributed by atoms with van der Waals surface area (Å²) in [5.41, 5.74) is 0.377. The number of benzene rings is 1. The Hall–Kier alpha value is -1.73. The van der Waals surface area contributed by atoms with Gasteiger partial charge in [0, 0.05) is 12.1 Å². The molecule has 2 unspecified atom stereocenters. The molecule has 116 valence electrons. The van der Waals surface area contributed by atoms with E-state index in [0.717, 1.165) is 0 Å². The highest BCUT2D eigenvalue weighted by molar-refractivity contribution is 5.94. The third-order valence-electron chi connectivity index (χ3n) is 3.30. The minimum Gasteiger partial charge on any atom is -0.435 e. The maximum absolute atomic E-state index is 12.4. The Balaban J connectivity index is 2.07. The summed E-state index contributed by atoms with van der Waals surface area (Å²) in [7, 11) is 0. The van der Waals surface area contributed by atoms with Gasteiger partial charge in [0.05, 0.1) is 25.4 Å². The van der Waals surface area contributed by atoms with E-state index in [1.165, 1.54) is 24.3 Å². The van der Waals surface area contributed by atoms with Crippen molar-refractivity contribution in [2.24, 2.45) is 0 Å². The van der Waals surface area contributed by atoms with Crippen LogP contribution in [0.4, 0.5) is 8.78 Å². The van der Waals surface area contributed by atoms with Crippen molar-refractivity contribution in [1.29, 1.82) is 0 Å². The van der Waals surface area contributed by atoms with Crippen molar-refractivity contribution in [2.45, 2.75) is 25.7 Å². The zero-order valence-electron chi connectivity index (χ0n) is 11.5. The van der Waals surface area contributed by atoms with Gasteiger partial charge in [-0.3, -0.25) is 4.79 Å². The second-order valence-corrected chi connectivity index (χ2v) is 4.85. The zero-order chi connectivity index (χ0) is 15.4. The highest BCUT2D eigenvalue weighted by atomic mass is 19.3. The number of ether oxygens (including phenoxy) is 2.